The molecule has 1 saturated carbocycles. The largest absolute Gasteiger partial charge is 0.313 e. The Morgan fingerprint density at radius 2 is 2.05 bits per heavy atom. The van der Waals surface area contributed by atoms with Crippen molar-refractivity contribution in [2.24, 2.45) is 5.41 Å². The molecule has 0 aromatic heterocycles. The van der Waals surface area contributed by atoms with Gasteiger partial charge in [-0.15, -0.1) is 0 Å². The van der Waals surface area contributed by atoms with E-state index in [-0.39, 0.29) is 11.5 Å². The Hall–Kier alpha value is -0.910. The first-order valence-electron chi connectivity index (χ1n) is 7.67. The molecule has 4 nitrogen and oxygen atoms in total. The van der Waals surface area contributed by atoms with Gasteiger partial charge >= 0.3 is 0 Å². The highest BCUT2D eigenvalue weighted by Gasteiger charge is 2.33. The molecule has 1 atom stereocenters. The van der Waals surface area contributed by atoms with E-state index in [2.05, 4.69) is 23.9 Å². The van der Waals surface area contributed by atoms with Crippen LogP contribution in [0, 0.1) is 5.41 Å². The van der Waals surface area contributed by atoms with Crippen molar-refractivity contribution >= 4 is 10.0 Å². The molecule has 0 bridgehead atoms. The molecule has 1 aliphatic rings. The SMILES string of the molecule is CCC(NC)c1cccc(S(=O)(=O)NCC2(C)CCC2)c1. The van der Waals surface area contributed by atoms with E-state index in [9.17, 15) is 8.42 Å². The second-order valence-corrected chi connectivity index (χ2v) is 8.08. The standard InChI is InChI=1S/C16H26N2O2S/c1-4-15(17-3)13-7-5-8-14(11-13)21(19,20)18-12-16(2)9-6-10-16/h5,7-8,11,15,17-18H,4,6,9-10,12H2,1-3H3. The highest BCUT2D eigenvalue weighted by atomic mass is 32.2. The fourth-order valence-corrected chi connectivity index (χ4v) is 4.07. The molecule has 0 saturated heterocycles. The predicted octanol–water partition coefficient (Wildman–Crippen LogP) is 2.83. The topological polar surface area (TPSA) is 58.2 Å². The molecule has 5 heteroatoms. The average molecular weight is 310 g/mol. The molecule has 0 amide bonds. The molecule has 0 heterocycles. The fourth-order valence-electron chi connectivity index (χ4n) is 2.81. The van der Waals surface area contributed by atoms with E-state index >= 15 is 0 Å². The lowest BCUT2D eigenvalue weighted by Crippen LogP contribution is -2.39. The highest BCUT2D eigenvalue weighted by molar-refractivity contribution is 7.89. The summed E-state index contributed by atoms with van der Waals surface area (Å²) in [5.74, 6) is 0. The number of nitrogens with one attached hydrogen (secondary N) is 2. The first-order valence-corrected chi connectivity index (χ1v) is 9.15. The first-order chi connectivity index (χ1) is 9.90. The summed E-state index contributed by atoms with van der Waals surface area (Å²) in [7, 11) is -1.53. The minimum Gasteiger partial charge on any atom is -0.313 e. The van der Waals surface area contributed by atoms with E-state index in [1.807, 2.05) is 19.2 Å². The van der Waals surface area contributed by atoms with E-state index in [0.717, 1.165) is 24.8 Å². The summed E-state index contributed by atoms with van der Waals surface area (Å²) in [5.41, 5.74) is 1.15. The van der Waals surface area contributed by atoms with Gasteiger partial charge in [0.15, 0.2) is 0 Å². The van der Waals surface area contributed by atoms with Crippen LogP contribution in [0.5, 0.6) is 0 Å². The maximum Gasteiger partial charge on any atom is 0.240 e. The van der Waals surface area contributed by atoms with Gasteiger partial charge in [-0.3, -0.25) is 0 Å². The van der Waals surface area contributed by atoms with Crippen LogP contribution in [-0.4, -0.2) is 22.0 Å². The number of hydrogen-bond acceptors (Lipinski definition) is 3. The zero-order valence-electron chi connectivity index (χ0n) is 13.1. The van der Waals surface area contributed by atoms with Gasteiger partial charge in [0.25, 0.3) is 0 Å². The molecular weight excluding hydrogens is 284 g/mol. The van der Waals surface area contributed by atoms with Crippen molar-refractivity contribution in [2.45, 2.75) is 50.5 Å². The van der Waals surface area contributed by atoms with Crippen molar-refractivity contribution in [1.82, 2.24) is 10.0 Å². The molecule has 1 aromatic rings. The number of rotatable bonds is 7. The zero-order chi connectivity index (χ0) is 15.5. The van der Waals surface area contributed by atoms with Crippen molar-refractivity contribution in [2.75, 3.05) is 13.6 Å². The van der Waals surface area contributed by atoms with Gasteiger partial charge < -0.3 is 5.32 Å². The van der Waals surface area contributed by atoms with Crippen LogP contribution in [0.25, 0.3) is 0 Å². The molecule has 2 rings (SSSR count). The van der Waals surface area contributed by atoms with Crippen LogP contribution in [0.3, 0.4) is 0 Å². The minimum absolute atomic E-state index is 0.140. The predicted molar refractivity (Wildman–Crippen MR) is 85.7 cm³/mol. The van der Waals surface area contributed by atoms with Crippen LogP contribution in [0.1, 0.15) is 51.1 Å². The van der Waals surface area contributed by atoms with Crippen molar-refractivity contribution in [1.29, 1.82) is 0 Å². The first kappa shape index (κ1) is 16.5. The van der Waals surface area contributed by atoms with E-state index in [4.69, 9.17) is 0 Å². The number of benzene rings is 1. The monoisotopic (exact) mass is 310 g/mol. The summed E-state index contributed by atoms with van der Waals surface area (Å²) < 4.78 is 27.6. The van der Waals surface area contributed by atoms with E-state index < -0.39 is 10.0 Å². The van der Waals surface area contributed by atoms with Gasteiger partial charge in [0.05, 0.1) is 4.90 Å². The Labute approximate surface area is 128 Å². The quantitative estimate of drug-likeness (QED) is 0.814. The Kier molecular flexibility index (Phi) is 5.07. The second-order valence-electron chi connectivity index (χ2n) is 6.31. The van der Waals surface area contributed by atoms with Gasteiger partial charge in [0.2, 0.25) is 10.0 Å². The summed E-state index contributed by atoms with van der Waals surface area (Å²) in [6.07, 6.45) is 4.33. The van der Waals surface area contributed by atoms with Gasteiger partial charge in [-0.05, 0) is 49.4 Å². The van der Waals surface area contributed by atoms with Crippen LogP contribution in [0.2, 0.25) is 0 Å². The third-order valence-electron chi connectivity index (χ3n) is 4.58. The maximum absolute atomic E-state index is 12.4. The van der Waals surface area contributed by atoms with Crippen LogP contribution < -0.4 is 10.0 Å². The Morgan fingerprint density at radius 1 is 1.33 bits per heavy atom. The van der Waals surface area contributed by atoms with Gasteiger partial charge in [-0.1, -0.05) is 32.4 Å². The summed E-state index contributed by atoms with van der Waals surface area (Å²) in [5, 5.41) is 3.21. The van der Waals surface area contributed by atoms with Gasteiger partial charge in [-0.2, -0.15) is 0 Å². The lowest BCUT2D eigenvalue weighted by Gasteiger charge is -2.38. The van der Waals surface area contributed by atoms with Crippen molar-refractivity contribution in [3.05, 3.63) is 29.8 Å². The normalized spacial score (nSPS) is 19.0. The van der Waals surface area contributed by atoms with E-state index in [0.29, 0.717) is 11.4 Å². The molecule has 0 aliphatic heterocycles. The number of hydrogen-bond donors (Lipinski definition) is 2. The van der Waals surface area contributed by atoms with E-state index in [1.54, 1.807) is 12.1 Å². The summed E-state index contributed by atoms with van der Waals surface area (Å²) in [6.45, 7) is 4.75. The molecule has 1 fully saturated rings. The zero-order valence-corrected chi connectivity index (χ0v) is 14.0. The third-order valence-corrected chi connectivity index (χ3v) is 5.98. The van der Waals surface area contributed by atoms with Crippen LogP contribution in [0.15, 0.2) is 29.2 Å². The minimum atomic E-state index is -3.42. The summed E-state index contributed by atoms with van der Waals surface area (Å²) in [6, 6.07) is 7.41. The van der Waals surface area contributed by atoms with Crippen LogP contribution in [-0.2, 0) is 10.0 Å². The Bertz CT molecular complexity index is 576. The molecule has 2 N–H and O–H groups in total. The summed E-state index contributed by atoms with van der Waals surface area (Å²) >= 11 is 0. The van der Waals surface area contributed by atoms with Crippen LogP contribution in [0.4, 0.5) is 0 Å². The molecule has 0 radical (unpaired) electrons. The molecule has 1 unspecified atom stereocenters. The molecule has 1 aromatic carbocycles. The Morgan fingerprint density at radius 3 is 2.57 bits per heavy atom. The number of sulfonamides is 1. The van der Waals surface area contributed by atoms with Crippen LogP contribution >= 0.6 is 0 Å². The molecule has 118 valence electrons. The lowest BCUT2D eigenvalue weighted by atomic mass is 9.71. The van der Waals surface area contributed by atoms with Crippen molar-refractivity contribution in [3.63, 3.8) is 0 Å². The van der Waals surface area contributed by atoms with Gasteiger partial charge in [0, 0.05) is 12.6 Å². The second kappa shape index (κ2) is 6.46. The van der Waals surface area contributed by atoms with Crippen molar-refractivity contribution in [3.8, 4) is 0 Å². The highest BCUT2D eigenvalue weighted by Crippen LogP contribution is 2.39. The fraction of sp³-hybridized carbons (Fsp3) is 0.625. The van der Waals surface area contributed by atoms with Gasteiger partial charge in [-0.25, -0.2) is 13.1 Å². The van der Waals surface area contributed by atoms with Crippen molar-refractivity contribution < 1.29 is 8.42 Å². The summed E-state index contributed by atoms with van der Waals surface area (Å²) in [4.78, 5) is 0.358. The average Bonchev–Trinajstić information content (AvgIpc) is 2.45. The lowest BCUT2D eigenvalue weighted by molar-refractivity contribution is 0.166. The maximum atomic E-state index is 12.4. The van der Waals surface area contributed by atoms with E-state index in [1.165, 1.54) is 6.42 Å². The molecular formula is C16H26N2O2S. The molecule has 21 heavy (non-hydrogen) atoms. The smallest absolute Gasteiger partial charge is 0.240 e. The molecule has 0 spiro atoms. The molecule has 1 aliphatic carbocycles. The van der Waals surface area contributed by atoms with Gasteiger partial charge in [0.1, 0.15) is 0 Å². The Balaban J connectivity index is 2.14. The third kappa shape index (κ3) is 3.84.